The van der Waals surface area contributed by atoms with Crippen molar-refractivity contribution in [2.24, 2.45) is 0 Å². The summed E-state index contributed by atoms with van der Waals surface area (Å²) in [6, 6.07) is 5.95. The molecule has 0 saturated carbocycles. The van der Waals surface area contributed by atoms with Gasteiger partial charge in [0.05, 0.1) is 7.11 Å². The second kappa shape index (κ2) is 6.18. The Morgan fingerprint density at radius 2 is 1.94 bits per heavy atom. The van der Waals surface area contributed by atoms with Gasteiger partial charge < -0.3 is 14.8 Å². The molecular weight excluding hydrogens is 202 g/mol. The van der Waals surface area contributed by atoms with Gasteiger partial charge >= 0.3 is 0 Å². The van der Waals surface area contributed by atoms with E-state index in [-0.39, 0.29) is 6.23 Å². The summed E-state index contributed by atoms with van der Waals surface area (Å²) in [5, 5.41) is 3.12. The summed E-state index contributed by atoms with van der Waals surface area (Å²) in [5.41, 5.74) is 2.27. The van der Waals surface area contributed by atoms with E-state index in [1.165, 1.54) is 0 Å². The van der Waals surface area contributed by atoms with Gasteiger partial charge in [0.25, 0.3) is 0 Å². The Hall–Kier alpha value is -1.48. The van der Waals surface area contributed by atoms with E-state index >= 15 is 0 Å². The Bertz CT molecular complexity index is 361. The summed E-state index contributed by atoms with van der Waals surface area (Å²) in [4.78, 5) is 0. The molecule has 0 amide bonds. The van der Waals surface area contributed by atoms with E-state index in [2.05, 4.69) is 5.32 Å². The van der Waals surface area contributed by atoms with Gasteiger partial charge in [-0.05, 0) is 30.0 Å². The van der Waals surface area contributed by atoms with Crippen molar-refractivity contribution in [3.63, 3.8) is 0 Å². The number of ether oxygens (including phenoxy) is 2. The molecule has 1 aliphatic heterocycles. The standard InChI is InChI=1S/C11H13NO2.C2H6/c1-13-9-3-4-10-8(7-9)5-6-12-11(10)14-2;1-2/h3-7,11-12H,1-2H3;1-2H3. The predicted octanol–water partition coefficient (Wildman–Crippen LogP) is 2.94. The number of fused-ring (bicyclic) bond motifs is 1. The molecule has 3 nitrogen and oxygen atoms in total. The van der Waals surface area contributed by atoms with Gasteiger partial charge in [-0.1, -0.05) is 19.9 Å². The molecule has 0 aliphatic carbocycles. The number of hydrogen-bond donors (Lipinski definition) is 1. The van der Waals surface area contributed by atoms with E-state index in [0.29, 0.717) is 0 Å². The maximum atomic E-state index is 5.29. The monoisotopic (exact) mass is 221 g/mol. The molecule has 0 spiro atoms. The number of nitrogens with one attached hydrogen (secondary N) is 1. The zero-order valence-electron chi connectivity index (χ0n) is 10.3. The van der Waals surface area contributed by atoms with Crippen LogP contribution in [0.15, 0.2) is 24.4 Å². The maximum Gasteiger partial charge on any atom is 0.153 e. The van der Waals surface area contributed by atoms with E-state index in [1.54, 1.807) is 14.2 Å². The van der Waals surface area contributed by atoms with Crippen LogP contribution >= 0.6 is 0 Å². The summed E-state index contributed by atoms with van der Waals surface area (Å²) in [7, 11) is 3.35. The first-order valence-electron chi connectivity index (χ1n) is 5.48. The maximum absolute atomic E-state index is 5.29. The van der Waals surface area contributed by atoms with E-state index in [0.717, 1.165) is 16.9 Å². The fourth-order valence-corrected chi connectivity index (χ4v) is 1.57. The van der Waals surface area contributed by atoms with Crippen LogP contribution in [0.5, 0.6) is 5.75 Å². The highest BCUT2D eigenvalue weighted by atomic mass is 16.5. The SMILES string of the molecule is CC.COc1ccc2c(c1)C=CNC2OC. The second-order valence-corrected chi connectivity index (χ2v) is 3.11. The van der Waals surface area contributed by atoms with Crippen molar-refractivity contribution in [2.75, 3.05) is 14.2 Å². The Labute approximate surface area is 97.1 Å². The minimum Gasteiger partial charge on any atom is -0.497 e. The molecule has 16 heavy (non-hydrogen) atoms. The largest absolute Gasteiger partial charge is 0.497 e. The molecule has 0 bridgehead atoms. The molecule has 1 aromatic rings. The predicted molar refractivity (Wildman–Crippen MR) is 66.3 cm³/mol. The van der Waals surface area contributed by atoms with E-state index in [9.17, 15) is 0 Å². The highest BCUT2D eigenvalue weighted by molar-refractivity contribution is 5.58. The molecule has 1 N–H and O–H groups in total. The first kappa shape index (κ1) is 12.6. The molecule has 0 fully saturated rings. The first-order chi connectivity index (χ1) is 7.85. The molecule has 2 rings (SSSR count). The normalized spacial score (nSPS) is 16.6. The van der Waals surface area contributed by atoms with Gasteiger partial charge in [-0.15, -0.1) is 0 Å². The van der Waals surface area contributed by atoms with Crippen LogP contribution in [0.1, 0.15) is 31.2 Å². The topological polar surface area (TPSA) is 30.5 Å². The summed E-state index contributed by atoms with van der Waals surface area (Å²) >= 11 is 0. The second-order valence-electron chi connectivity index (χ2n) is 3.11. The quantitative estimate of drug-likeness (QED) is 0.833. The summed E-state index contributed by atoms with van der Waals surface area (Å²) < 4.78 is 10.4. The molecule has 0 saturated heterocycles. The molecule has 0 aromatic heterocycles. The smallest absolute Gasteiger partial charge is 0.153 e. The Morgan fingerprint density at radius 3 is 2.56 bits per heavy atom. The van der Waals surface area contributed by atoms with Gasteiger partial charge in [-0.25, -0.2) is 0 Å². The zero-order chi connectivity index (χ0) is 12.0. The first-order valence-corrected chi connectivity index (χ1v) is 5.48. The van der Waals surface area contributed by atoms with Crippen molar-refractivity contribution in [1.82, 2.24) is 5.32 Å². The molecule has 1 aliphatic rings. The van der Waals surface area contributed by atoms with Crippen LogP contribution in [0, 0.1) is 0 Å². The third-order valence-electron chi connectivity index (χ3n) is 2.32. The van der Waals surface area contributed by atoms with Crippen LogP contribution in [0.3, 0.4) is 0 Å². The van der Waals surface area contributed by atoms with Gasteiger partial charge in [0, 0.05) is 12.7 Å². The van der Waals surface area contributed by atoms with Gasteiger partial charge in [0.1, 0.15) is 5.75 Å². The number of hydrogen-bond acceptors (Lipinski definition) is 3. The third kappa shape index (κ3) is 2.55. The molecule has 88 valence electrons. The lowest BCUT2D eigenvalue weighted by Crippen LogP contribution is -2.20. The minimum absolute atomic E-state index is 0.0547. The van der Waals surface area contributed by atoms with Gasteiger partial charge in [0.2, 0.25) is 0 Å². The van der Waals surface area contributed by atoms with Crippen LogP contribution in [0.25, 0.3) is 6.08 Å². The molecule has 0 radical (unpaired) electrons. The number of rotatable bonds is 2. The van der Waals surface area contributed by atoms with Crippen LogP contribution in [-0.2, 0) is 4.74 Å². The van der Waals surface area contributed by atoms with Crippen molar-refractivity contribution < 1.29 is 9.47 Å². The van der Waals surface area contributed by atoms with Crippen LogP contribution in [0.4, 0.5) is 0 Å². The van der Waals surface area contributed by atoms with Crippen LogP contribution in [0.2, 0.25) is 0 Å². The minimum atomic E-state index is -0.0547. The van der Waals surface area contributed by atoms with E-state index < -0.39 is 0 Å². The molecule has 1 unspecified atom stereocenters. The highest BCUT2D eigenvalue weighted by Crippen LogP contribution is 2.27. The lowest BCUT2D eigenvalue weighted by molar-refractivity contribution is 0.0848. The Balaban J connectivity index is 0.000000606. The van der Waals surface area contributed by atoms with Crippen molar-refractivity contribution in [3.8, 4) is 5.75 Å². The zero-order valence-corrected chi connectivity index (χ0v) is 10.3. The Morgan fingerprint density at radius 1 is 1.19 bits per heavy atom. The third-order valence-corrected chi connectivity index (χ3v) is 2.32. The van der Waals surface area contributed by atoms with Crippen LogP contribution in [-0.4, -0.2) is 14.2 Å². The van der Waals surface area contributed by atoms with E-state index in [4.69, 9.17) is 9.47 Å². The summed E-state index contributed by atoms with van der Waals surface area (Å²) in [6.07, 6.45) is 3.84. The van der Waals surface area contributed by atoms with Gasteiger partial charge in [0.15, 0.2) is 6.23 Å². The fraction of sp³-hybridized carbons (Fsp3) is 0.385. The fourth-order valence-electron chi connectivity index (χ4n) is 1.57. The van der Waals surface area contributed by atoms with E-state index in [1.807, 2.05) is 44.3 Å². The van der Waals surface area contributed by atoms with Crippen molar-refractivity contribution in [2.45, 2.75) is 20.1 Å². The molecular formula is C13H19NO2. The highest BCUT2D eigenvalue weighted by Gasteiger charge is 2.15. The average molecular weight is 221 g/mol. The van der Waals surface area contributed by atoms with Crippen molar-refractivity contribution in [3.05, 3.63) is 35.5 Å². The molecule has 1 heterocycles. The van der Waals surface area contributed by atoms with Crippen molar-refractivity contribution in [1.29, 1.82) is 0 Å². The molecule has 1 atom stereocenters. The van der Waals surface area contributed by atoms with Gasteiger partial charge in [-0.2, -0.15) is 0 Å². The molecule has 1 aromatic carbocycles. The number of benzene rings is 1. The summed E-state index contributed by atoms with van der Waals surface area (Å²) in [6.45, 7) is 4.00. The van der Waals surface area contributed by atoms with Crippen LogP contribution < -0.4 is 10.1 Å². The summed E-state index contributed by atoms with van der Waals surface area (Å²) in [5.74, 6) is 0.866. The molecule has 3 heteroatoms. The lowest BCUT2D eigenvalue weighted by atomic mass is 10.0. The lowest BCUT2D eigenvalue weighted by Gasteiger charge is -2.22. The van der Waals surface area contributed by atoms with Gasteiger partial charge in [-0.3, -0.25) is 0 Å². The Kier molecular flexibility index (Phi) is 4.86. The van der Waals surface area contributed by atoms with Crippen molar-refractivity contribution >= 4 is 6.08 Å². The average Bonchev–Trinajstić information content (AvgIpc) is 2.39. The number of methoxy groups -OCH3 is 2.